The molecule has 128 valence electrons. The molecule has 0 saturated carbocycles. The number of likely N-dealkylation sites (N-methyl/N-ethyl adjacent to an activating group) is 1. The summed E-state index contributed by atoms with van der Waals surface area (Å²) in [4.78, 5) is 4.95. The first-order valence-corrected chi connectivity index (χ1v) is 9.13. The Morgan fingerprint density at radius 2 is 1.96 bits per heavy atom. The molecule has 2 aliphatic rings. The van der Waals surface area contributed by atoms with Gasteiger partial charge in [-0.05, 0) is 54.8 Å². The molecule has 0 radical (unpaired) electrons. The third-order valence-corrected chi connectivity index (χ3v) is 5.62. The molecule has 5 heteroatoms. The number of anilines is 1. The van der Waals surface area contributed by atoms with Crippen molar-refractivity contribution in [2.45, 2.75) is 25.3 Å². The minimum Gasteiger partial charge on any atom is -0.372 e. The van der Waals surface area contributed by atoms with Crippen LogP contribution in [-0.2, 0) is 6.54 Å². The van der Waals surface area contributed by atoms with E-state index >= 15 is 0 Å². The maximum Gasteiger partial charge on any atom is 0.160 e. The fourth-order valence-electron chi connectivity index (χ4n) is 4.34. The first-order valence-electron chi connectivity index (χ1n) is 9.13. The van der Waals surface area contributed by atoms with Crippen molar-refractivity contribution in [2.75, 3.05) is 31.6 Å². The molecule has 25 heavy (non-hydrogen) atoms. The standard InChI is InChI=1S/C20H23N5/c1-23-11-16-10-17(24-8-2-3-9-24)5-6-18(16)19(13-23)15-4-7-20-22-21-14-25(20)12-15/h4-7,10,12,14,19H,2-3,8-9,11,13H2,1H3. The topological polar surface area (TPSA) is 36.7 Å². The highest BCUT2D eigenvalue weighted by atomic mass is 15.2. The average molecular weight is 333 g/mol. The average Bonchev–Trinajstić information content (AvgIpc) is 3.31. The predicted octanol–water partition coefficient (Wildman–Crippen LogP) is 2.91. The van der Waals surface area contributed by atoms with Gasteiger partial charge in [0.25, 0.3) is 0 Å². The minimum atomic E-state index is 0.396. The van der Waals surface area contributed by atoms with Gasteiger partial charge in [0.2, 0.25) is 0 Å². The summed E-state index contributed by atoms with van der Waals surface area (Å²) in [5, 5.41) is 8.12. The van der Waals surface area contributed by atoms with Crippen LogP contribution >= 0.6 is 0 Å². The smallest absolute Gasteiger partial charge is 0.160 e. The predicted molar refractivity (Wildman–Crippen MR) is 99.1 cm³/mol. The van der Waals surface area contributed by atoms with Crippen molar-refractivity contribution in [3.63, 3.8) is 0 Å². The maximum atomic E-state index is 4.12. The monoisotopic (exact) mass is 333 g/mol. The summed E-state index contributed by atoms with van der Waals surface area (Å²) >= 11 is 0. The highest BCUT2D eigenvalue weighted by Gasteiger charge is 2.26. The molecule has 1 atom stereocenters. The first kappa shape index (κ1) is 14.9. The fraction of sp³-hybridized carbons (Fsp3) is 0.400. The minimum absolute atomic E-state index is 0.396. The van der Waals surface area contributed by atoms with Gasteiger partial charge in [0, 0.05) is 44.0 Å². The second kappa shape index (κ2) is 5.85. The molecular formula is C20H23N5. The van der Waals surface area contributed by atoms with Crippen molar-refractivity contribution < 1.29 is 0 Å². The lowest BCUT2D eigenvalue weighted by atomic mass is 9.85. The molecule has 0 amide bonds. The van der Waals surface area contributed by atoms with E-state index in [1.54, 1.807) is 6.33 Å². The van der Waals surface area contributed by atoms with Crippen LogP contribution in [0.5, 0.6) is 0 Å². The summed E-state index contributed by atoms with van der Waals surface area (Å²) < 4.78 is 2.02. The molecule has 4 heterocycles. The van der Waals surface area contributed by atoms with Crippen molar-refractivity contribution in [2.24, 2.45) is 0 Å². The van der Waals surface area contributed by atoms with Gasteiger partial charge in [-0.2, -0.15) is 0 Å². The summed E-state index contributed by atoms with van der Waals surface area (Å²) in [6, 6.07) is 11.4. The molecule has 5 nitrogen and oxygen atoms in total. The Morgan fingerprint density at radius 1 is 1.08 bits per heavy atom. The van der Waals surface area contributed by atoms with E-state index in [1.807, 2.05) is 4.40 Å². The Morgan fingerprint density at radius 3 is 2.84 bits per heavy atom. The van der Waals surface area contributed by atoms with E-state index in [0.717, 1.165) is 18.7 Å². The van der Waals surface area contributed by atoms with Crippen molar-refractivity contribution in [3.05, 3.63) is 59.5 Å². The number of rotatable bonds is 2. The van der Waals surface area contributed by atoms with Crippen molar-refractivity contribution in [1.82, 2.24) is 19.5 Å². The lowest BCUT2D eigenvalue weighted by molar-refractivity contribution is 0.295. The first-order chi connectivity index (χ1) is 12.3. The van der Waals surface area contributed by atoms with Crippen LogP contribution < -0.4 is 4.90 Å². The van der Waals surface area contributed by atoms with E-state index in [-0.39, 0.29) is 0 Å². The number of nitrogens with zero attached hydrogens (tertiary/aromatic N) is 5. The van der Waals surface area contributed by atoms with Crippen molar-refractivity contribution in [1.29, 1.82) is 0 Å². The summed E-state index contributed by atoms with van der Waals surface area (Å²) in [6.07, 6.45) is 6.59. The summed E-state index contributed by atoms with van der Waals surface area (Å²) in [6.45, 7) is 4.47. The Labute approximate surface area is 147 Å². The van der Waals surface area contributed by atoms with Crippen LogP contribution in [0.3, 0.4) is 0 Å². The number of fused-ring (bicyclic) bond motifs is 2. The number of hydrogen-bond acceptors (Lipinski definition) is 4. The Hall–Kier alpha value is -2.40. The van der Waals surface area contributed by atoms with Crippen LogP contribution in [0.2, 0.25) is 0 Å². The molecule has 2 aliphatic heterocycles. The molecule has 1 aromatic carbocycles. The van der Waals surface area contributed by atoms with E-state index < -0.39 is 0 Å². The lowest BCUT2D eigenvalue weighted by Gasteiger charge is -2.33. The number of aromatic nitrogens is 3. The highest BCUT2D eigenvalue weighted by molar-refractivity contribution is 5.54. The van der Waals surface area contributed by atoms with Gasteiger partial charge in [0.15, 0.2) is 5.65 Å². The zero-order valence-electron chi connectivity index (χ0n) is 14.6. The Kier molecular flexibility index (Phi) is 3.48. The fourth-order valence-corrected chi connectivity index (χ4v) is 4.34. The van der Waals surface area contributed by atoms with E-state index in [1.165, 1.54) is 48.3 Å². The van der Waals surface area contributed by atoms with Crippen LogP contribution in [0.25, 0.3) is 5.65 Å². The number of pyridine rings is 1. The van der Waals surface area contributed by atoms with Crippen LogP contribution in [0.4, 0.5) is 5.69 Å². The molecule has 0 N–H and O–H groups in total. The largest absolute Gasteiger partial charge is 0.372 e. The molecular weight excluding hydrogens is 310 g/mol. The molecule has 1 saturated heterocycles. The molecule has 1 fully saturated rings. The van der Waals surface area contributed by atoms with Crippen molar-refractivity contribution >= 4 is 11.3 Å². The maximum absolute atomic E-state index is 4.12. The van der Waals surface area contributed by atoms with Crippen LogP contribution in [0.1, 0.15) is 35.4 Å². The SMILES string of the molecule is CN1Cc2cc(N3CCCC3)ccc2C(c2ccc3nncn3c2)C1. The third-order valence-electron chi connectivity index (χ3n) is 5.62. The molecule has 0 aliphatic carbocycles. The summed E-state index contributed by atoms with van der Waals surface area (Å²) in [5.74, 6) is 0.396. The van der Waals surface area contributed by atoms with E-state index in [9.17, 15) is 0 Å². The van der Waals surface area contributed by atoms with E-state index in [0.29, 0.717) is 5.92 Å². The number of benzene rings is 1. The number of hydrogen-bond donors (Lipinski definition) is 0. The van der Waals surface area contributed by atoms with Gasteiger partial charge in [-0.3, -0.25) is 4.40 Å². The van der Waals surface area contributed by atoms with Gasteiger partial charge in [-0.1, -0.05) is 12.1 Å². The molecule has 3 aromatic rings. The normalized spacial score (nSPS) is 21.0. The Bertz CT molecular complexity index is 909. The zero-order valence-corrected chi connectivity index (χ0v) is 14.6. The zero-order chi connectivity index (χ0) is 16.8. The van der Waals surface area contributed by atoms with Gasteiger partial charge in [0.05, 0.1) is 0 Å². The molecule has 1 unspecified atom stereocenters. The molecule has 2 aromatic heterocycles. The van der Waals surface area contributed by atoms with Gasteiger partial charge < -0.3 is 9.80 Å². The second-order valence-electron chi connectivity index (χ2n) is 7.39. The summed E-state index contributed by atoms with van der Waals surface area (Å²) in [7, 11) is 2.22. The van der Waals surface area contributed by atoms with Gasteiger partial charge in [-0.15, -0.1) is 10.2 Å². The van der Waals surface area contributed by atoms with Gasteiger partial charge in [0.1, 0.15) is 6.33 Å². The van der Waals surface area contributed by atoms with Gasteiger partial charge >= 0.3 is 0 Å². The van der Waals surface area contributed by atoms with Crippen molar-refractivity contribution in [3.8, 4) is 0 Å². The molecule has 0 spiro atoms. The Balaban J connectivity index is 1.55. The van der Waals surface area contributed by atoms with Gasteiger partial charge in [-0.25, -0.2) is 0 Å². The van der Waals surface area contributed by atoms with Crippen LogP contribution in [0, 0.1) is 0 Å². The van der Waals surface area contributed by atoms with Crippen LogP contribution in [-0.4, -0.2) is 46.2 Å². The summed E-state index contributed by atoms with van der Waals surface area (Å²) in [5.41, 5.74) is 6.55. The third kappa shape index (κ3) is 2.59. The molecule has 5 rings (SSSR count). The molecule has 0 bridgehead atoms. The highest BCUT2D eigenvalue weighted by Crippen LogP contribution is 2.35. The van der Waals surface area contributed by atoms with Crippen LogP contribution in [0.15, 0.2) is 42.9 Å². The van der Waals surface area contributed by atoms with E-state index in [4.69, 9.17) is 0 Å². The quantitative estimate of drug-likeness (QED) is 0.722. The van der Waals surface area contributed by atoms with E-state index in [2.05, 4.69) is 63.6 Å². The lowest BCUT2D eigenvalue weighted by Crippen LogP contribution is -2.31. The second-order valence-corrected chi connectivity index (χ2v) is 7.39.